The van der Waals surface area contributed by atoms with E-state index in [1.807, 2.05) is 0 Å². The second-order valence-electron chi connectivity index (χ2n) is 5.36. The van der Waals surface area contributed by atoms with Crippen LogP contribution in [-0.4, -0.2) is 46.5 Å². The van der Waals surface area contributed by atoms with Crippen molar-refractivity contribution < 1.29 is 23.5 Å². The Hall–Kier alpha value is -3.36. The van der Waals surface area contributed by atoms with Gasteiger partial charge in [-0.1, -0.05) is 5.16 Å². The molecule has 5 heterocycles. The lowest BCUT2D eigenvalue weighted by molar-refractivity contribution is 0.164. The normalized spacial score (nSPS) is 15.0. The van der Waals surface area contributed by atoms with Gasteiger partial charge in [0.25, 0.3) is 11.8 Å². The van der Waals surface area contributed by atoms with Gasteiger partial charge in [0.2, 0.25) is 5.82 Å². The Labute approximate surface area is 141 Å². The molecular formula is C16H12N4O5. The van der Waals surface area contributed by atoms with Gasteiger partial charge in [-0.15, -0.1) is 0 Å². The highest BCUT2D eigenvalue weighted by molar-refractivity contribution is 5.61. The van der Waals surface area contributed by atoms with E-state index in [0.717, 1.165) is 0 Å². The van der Waals surface area contributed by atoms with Crippen LogP contribution in [0, 0.1) is 0 Å². The van der Waals surface area contributed by atoms with E-state index in [9.17, 15) is 0 Å². The lowest BCUT2D eigenvalue weighted by Crippen LogP contribution is -2.16. The molecule has 3 aromatic heterocycles. The van der Waals surface area contributed by atoms with Crippen LogP contribution in [-0.2, 0) is 0 Å². The zero-order valence-corrected chi connectivity index (χ0v) is 13.0. The molecule has 0 saturated carbocycles. The topological polar surface area (TPSA) is 102 Å². The third-order valence-corrected chi connectivity index (χ3v) is 3.73. The lowest BCUT2D eigenvalue weighted by atomic mass is 10.2. The first-order chi connectivity index (χ1) is 12.4. The van der Waals surface area contributed by atoms with E-state index >= 15 is 0 Å². The maximum absolute atomic E-state index is 5.54. The molecule has 126 valence electrons. The minimum atomic E-state index is 0.280. The highest BCUT2D eigenvalue weighted by Gasteiger charge is 2.19. The molecule has 0 N–H and O–H groups in total. The van der Waals surface area contributed by atoms with Crippen molar-refractivity contribution in [2.45, 2.75) is 0 Å². The Kier molecular flexibility index (Phi) is 3.15. The number of ether oxygens (including phenoxy) is 4. The van der Waals surface area contributed by atoms with E-state index in [4.69, 9.17) is 23.5 Å². The largest absolute Gasteiger partial charge is 0.486 e. The molecular weight excluding hydrogens is 328 g/mol. The van der Waals surface area contributed by atoms with Crippen molar-refractivity contribution in [3.63, 3.8) is 0 Å². The monoisotopic (exact) mass is 340 g/mol. The Morgan fingerprint density at radius 2 is 1.56 bits per heavy atom. The fourth-order valence-electron chi connectivity index (χ4n) is 2.57. The van der Waals surface area contributed by atoms with Crippen LogP contribution in [0.4, 0.5) is 0 Å². The Morgan fingerprint density at radius 1 is 0.760 bits per heavy atom. The molecule has 0 aromatic carbocycles. The predicted molar refractivity (Wildman–Crippen MR) is 82.7 cm³/mol. The van der Waals surface area contributed by atoms with Crippen LogP contribution in [0.2, 0.25) is 0 Å². The molecule has 2 aliphatic heterocycles. The van der Waals surface area contributed by atoms with Crippen molar-refractivity contribution in [1.29, 1.82) is 0 Å². The van der Waals surface area contributed by atoms with Crippen LogP contribution in [0.3, 0.4) is 0 Å². The standard InChI is InChI=1S/C16H12N4O5/c1-2-23-13-8-17-10(6-11(13)21-1)15-19-14(20-25-15)9-5-12-16(18-7-9)24-4-3-22-12/h5-8H,1-4H2. The van der Waals surface area contributed by atoms with Gasteiger partial charge in [-0.05, 0) is 6.07 Å². The highest BCUT2D eigenvalue weighted by Crippen LogP contribution is 2.34. The number of hydrogen-bond donors (Lipinski definition) is 0. The summed E-state index contributed by atoms with van der Waals surface area (Å²) in [5.74, 6) is 2.90. The Morgan fingerprint density at radius 3 is 2.48 bits per heavy atom. The van der Waals surface area contributed by atoms with Crippen LogP contribution < -0.4 is 18.9 Å². The van der Waals surface area contributed by atoms with E-state index in [1.165, 1.54) is 0 Å². The van der Waals surface area contributed by atoms with Gasteiger partial charge in [-0.3, -0.25) is 0 Å². The Bertz CT molecular complexity index is 868. The van der Waals surface area contributed by atoms with Gasteiger partial charge >= 0.3 is 0 Å². The molecule has 0 spiro atoms. The maximum atomic E-state index is 5.54. The molecule has 9 nitrogen and oxygen atoms in total. The average Bonchev–Trinajstić information content (AvgIpc) is 3.17. The van der Waals surface area contributed by atoms with Gasteiger partial charge in [0, 0.05) is 17.8 Å². The van der Waals surface area contributed by atoms with E-state index in [0.29, 0.717) is 66.6 Å². The summed E-state index contributed by atoms with van der Waals surface area (Å²) in [7, 11) is 0. The molecule has 0 amide bonds. The van der Waals surface area contributed by atoms with Gasteiger partial charge in [0.05, 0.1) is 6.20 Å². The first-order valence-corrected chi connectivity index (χ1v) is 7.72. The van der Waals surface area contributed by atoms with Crippen molar-refractivity contribution in [2.75, 3.05) is 26.4 Å². The number of hydrogen-bond acceptors (Lipinski definition) is 9. The zero-order valence-electron chi connectivity index (χ0n) is 13.0. The third-order valence-electron chi connectivity index (χ3n) is 3.73. The first-order valence-electron chi connectivity index (χ1n) is 7.72. The Balaban J connectivity index is 1.47. The van der Waals surface area contributed by atoms with Crippen LogP contribution in [0.15, 0.2) is 29.0 Å². The first kappa shape index (κ1) is 14.0. The molecule has 25 heavy (non-hydrogen) atoms. The van der Waals surface area contributed by atoms with Gasteiger partial charge in [0.15, 0.2) is 17.2 Å². The summed E-state index contributed by atoms with van der Waals surface area (Å²) in [6.07, 6.45) is 3.19. The van der Waals surface area contributed by atoms with Gasteiger partial charge < -0.3 is 23.5 Å². The molecule has 0 aliphatic carbocycles. The number of rotatable bonds is 2. The molecule has 2 aliphatic rings. The summed E-state index contributed by atoms with van der Waals surface area (Å²) >= 11 is 0. The number of fused-ring (bicyclic) bond motifs is 2. The van der Waals surface area contributed by atoms with Crippen molar-refractivity contribution in [3.8, 4) is 46.1 Å². The van der Waals surface area contributed by atoms with E-state index < -0.39 is 0 Å². The molecule has 0 radical (unpaired) electrons. The van der Waals surface area contributed by atoms with Crippen LogP contribution in [0.1, 0.15) is 0 Å². The summed E-state index contributed by atoms with van der Waals surface area (Å²) in [5.41, 5.74) is 1.17. The van der Waals surface area contributed by atoms with Crippen LogP contribution in [0.5, 0.6) is 23.1 Å². The minimum Gasteiger partial charge on any atom is -0.486 e. The van der Waals surface area contributed by atoms with Gasteiger partial charge in [0.1, 0.15) is 32.1 Å². The zero-order chi connectivity index (χ0) is 16.6. The fraction of sp³-hybridized carbons (Fsp3) is 0.250. The van der Waals surface area contributed by atoms with Crippen LogP contribution in [0.25, 0.3) is 23.0 Å². The summed E-state index contributed by atoms with van der Waals surface area (Å²) < 4.78 is 27.2. The molecule has 5 rings (SSSR count). The number of pyridine rings is 2. The minimum absolute atomic E-state index is 0.280. The van der Waals surface area contributed by atoms with E-state index in [-0.39, 0.29) is 5.89 Å². The maximum Gasteiger partial charge on any atom is 0.276 e. The molecule has 0 unspecified atom stereocenters. The summed E-state index contributed by atoms with van der Waals surface area (Å²) in [6, 6.07) is 3.49. The molecule has 0 fully saturated rings. The third kappa shape index (κ3) is 2.49. The van der Waals surface area contributed by atoms with Gasteiger partial charge in [-0.2, -0.15) is 4.98 Å². The smallest absolute Gasteiger partial charge is 0.276 e. The van der Waals surface area contributed by atoms with Crippen molar-refractivity contribution in [1.82, 2.24) is 20.1 Å². The quantitative estimate of drug-likeness (QED) is 0.690. The lowest BCUT2D eigenvalue weighted by Gasteiger charge is -2.17. The number of aromatic nitrogens is 4. The van der Waals surface area contributed by atoms with Crippen molar-refractivity contribution in [2.24, 2.45) is 0 Å². The van der Waals surface area contributed by atoms with E-state index in [1.54, 1.807) is 24.5 Å². The molecule has 0 bridgehead atoms. The van der Waals surface area contributed by atoms with Crippen LogP contribution >= 0.6 is 0 Å². The molecule has 3 aromatic rings. The summed E-state index contributed by atoms with van der Waals surface area (Å²) in [5, 5.41) is 3.99. The van der Waals surface area contributed by atoms with Crippen molar-refractivity contribution >= 4 is 0 Å². The molecule has 0 atom stereocenters. The highest BCUT2D eigenvalue weighted by atomic mass is 16.6. The van der Waals surface area contributed by atoms with E-state index in [2.05, 4.69) is 20.1 Å². The summed E-state index contributed by atoms with van der Waals surface area (Å²) in [4.78, 5) is 12.9. The second kappa shape index (κ2) is 5.62. The predicted octanol–water partition coefficient (Wildman–Crippen LogP) is 1.74. The fourth-order valence-corrected chi connectivity index (χ4v) is 2.57. The molecule has 9 heteroatoms. The van der Waals surface area contributed by atoms with Gasteiger partial charge in [-0.25, -0.2) is 9.97 Å². The summed E-state index contributed by atoms with van der Waals surface area (Å²) in [6.45, 7) is 1.97. The SMILES string of the molecule is c1nc2c(cc1-c1noc(-c3cc4c(cn3)OCCO4)n1)OCCO2. The second-order valence-corrected chi connectivity index (χ2v) is 5.36. The van der Waals surface area contributed by atoms with Crippen molar-refractivity contribution in [3.05, 3.63) is 24.5 Å². The average molecular weight is 340 g/mol. The molecule has 0 saturated heterocycles. The number of nitrogens with zero attached hydrogens (tertiary/aromatic N) is 4.